The number of aromatic nitrogens is 2. The summed E-state index contributed by atoms with van der Waals surface area (Å²) in [6.45, 7) is 18.0. The Morgan fingerprint density at radius 3 is 2.47 bits per heavy atom. The van der Waals surface area contributed by atoms with Crippen LogP contribution in [0.25, 0.3) is 0 Å². The number of ether oxygens (including phenoxy) is 1. The van der Waals surface area contributed by atoms with Gasteiger partial charge in [-0.15, -0.1) is 0 Å². The highest BCUT2D eigenvalue weighted by Crippen LogP contribution is 2.39. The van der Waals surface area contributed by atoms with Crippen LogP contribution in [0.4, 0.5) is 4.39 Å². The molecule has 3 aromatic rings. The standard InChI is InChI=1S/C37H51FN4O3/c1-7-42-33(21-30(39-42)19-26-12-13-34(45-8-2)32(38)20-26)27-14-16-40(17-15-27)22-29-23-41(35(36(43)44)37(4,5)6)24-31(29)28-11-9-10-25(3)18-28/h9-13,18,20-21,27,29,31,35H,7-8,14-17,19,22-24H2,1-6H3,(H,43,44). The molecule has 3 atom stereocenters. The predicted molar refractivity (Wildman–Crippen MR) is 177 cm³/mol. The molecule has 0 radical (unpaired) electrons. The number of aliphatic carboxylic acids is 1. The fourth-order valence-electron chi connectivity index (χ4n) is 7.69. The predicted octanol–water partition coefficient (Wildman–Crippen LogP) is 6.73. The molecule has 0 saturated carbocycles. The number of carbonyl (C=O) groups is 1. The summed E-state index contributed by atoms with van der Waals surface area (Å²) in [6, 6.07) is 15.7. The molecular weight excluding hydrogens is 567 g/mol. The molecule has 0 bridgehead atoms. The molecule has 2 fully saturated rings. The fourth-order valence-corrected chi connectivity index (χ4v) is 7.69. The van der Waals surface area contributed by atoms with Crippen molar-refractivity contribution in [2.24, 2.45) is 11.3 Å². The Kier molecular flexibility index (Phi) is 10.3. The molecule has 7 nitrogen and oxygen atoms in total. The first kappa shape index (κ1) is 33.1. The van der Waals surface area contributed by atoms with Crippen molar-refractivity contribution in [3.05, 3.63) is 82.4 Å². The zero-order valence-corrected chi connectivity index (χ0v) is 27.9. The van der Waals surface area contributed by atoms with Crippen LogP contribution in [0.3, 0.4) is 0 Å². The first-order valence-corrected chi connectivity index (χ1v) is 16.7. The number of hydrogen-bond acceptors (Lipinski definition) is 5. The lowest BCUT2D eigenvalue weighted by Crippen LogP contribution is -2.48. The molecule has 3 heterocycles. The Labute approximate surface area is 268 Å². The number of carboxylic acid groups (broad SMARTS) is 1. The van der Waals surface area contributed by atoms with Gasteiger partial charge in [0.05, 0.1) is 12.3 Å². The number of likely N-dealkylation sites (tertiary alicyclic amines) is 2. The molecule has 0 spiro atoms. The minimum absolute atomic E-state index is 0.291. The van der Waals surface area contributed by atoms with Gasteiger partial charge in [0.15, 0.2) is 11.6 Å². The van der Waals surface area contributed by atoms with Crippen LogP contribution < -0.4 is 4.74 Å². The molecule has 45 heavy (non-hydrogen) atoms. The monoisotopic (exact) mass is 618 g/mol. The van der Waals surface area contributed by atoms with Gasteiger partial charge in [-0.2, -0.15) is 5.10 Å². The third-order valence-corrected chi connectivity index (χ3v) is 9.70. The smallest absolute Gasteiger partial charge is 0.321 e. The van der Waals surface area contributed by atoms with Crippen LogP contribution in [0, 0.1) is 24.1 Å². The van der Waals surface area contributed by atoms with E-state index in [0.717, 1.165) is 63.4 Å². The topological polar surface area (TPSA) is 70.8 Å². The Hall–Kier alpha value is -3.23. The second-order valence-corrected chi connectivity index (χ2v) is 14.2. The number of nitrogens with zero attached hydrogens (tertiary/aromatic N) is 4. The van der Waals surface area contributed by atoms with Gasteiger partial charge in [-0.25, -0.2) is 4.39 Å². The largest absolute Gasteiger partial charge is 0.491 e. The Balaban J connectivity index is 1.26. The molecular formula is C37H51FN4O3. The number of aryl methyl sites for hydroxylation is 2. The van der Waals surface area contributed by atoms with E-state index in [9.17, 15) is 14.3 Å². The van der Waals surface area contributed by atoms with Gasteiger partial charge in [-0.1, -0.05) is 56.7 Å². The number of hydrogen-bond donors (Lipinski definition) is 1. The summed E-state index contributed by atoms with van der Waals surface area (Å²) in [7, 11) is 0. The van der Waals surface area contributed by atoms with E-state index in [0.29, 0.717) is 36.5 Å². The number of piperidine rings is 1. The van der Waals surface area contributed by atoms with Crippen molar-refractivity contribution in [2.45, 2.75) is 85.2 Å². The van der Waals surface area contributed by atoms with E-state index in [2.05, 4.69) is 58.7 Å². The van der Waals surface area contributed by atoms with Gasteiger partial charge in [0.2, 0.25) is 0 Å². The van der Waals surface area contributed by atoms with Crippen molar-refractivity contribution in [3.63, 3.8) is 0 Å². The summed E-state index contributed by atoms with van der Waals surface area (Å²) in [6.07, 6.45) is 2.72. The molecule has 2 aliphatic rings. The van der Waals surface area contributed by atoms with Gasteiger partial charge in [0, 0.05) is 50.1 Å². The SMILES string of the molecule is CCOc1ccc(Cc2cc(C3CCN(CC4CN(C(C(=O)O)C(C)(C)C)CC4c4cccc(C)c4)CC3)n(CC)n2)cc1F. The maximum Gasteiger partial charge on any atom is 0.321 e. The van der Waals surface area contributed by atoms with Gasteiger partial charge in [0.1, 0.15) is 6.04 Å². The summed E-state index contributed by atoms with van der Waals surface area (Å²) < 4.78 is 22.0. The van der Waals surface area contributed by atoms with Crippen LogP contribution in [-0.2, 0) is 17.8 Å². The zero-order chi connectivity index (χ0) is 32.3. The van der Waals surface area contributed by atoms with Gasteiger partial charge < -0.3 is 14.7 Å². The van der Waals surface area contributed by atoms with Crippen LogP contribution in [0.5, 0.6) is 5.75 Å². The molecule has 1 N–H and O–H groups in total. The molecule has 1 aromatic heterocycles. The maximum absolute atomic E-state index is 14.5. The number of halogens is 1. The minimum atomic E-state index is -0.730. The molecule has 0 amide bonds. The van der Waals surface area contributed by atoms with Gasteiger partial charge >= 0.3 is 5.97 Å². The van der Waals surface area contributed by atoms with Crippen molar-refractivity contribution in [2.75, 3.05) is 39.3 Å². The lowest BCUT2D eigenvalue weighted by Gasteiger charge is -2.36. The van der Waals surface area contributed by atoms with Crippen LogP contribution in [-0.4, -0.2) is 76.0 Å². The van der Waals surface area contributed by atoms with E-state index in [1.807, 2.05) is 33.8 Å². The van der Waals surface area contributed by atoms with Crippen molar-refractivity contribution >= 4 is 5.97 Å². The molecule has 5 rings (SSSR count). The Morgan fingerprint density at radius 1 is 1.09 bits per heavy atom. The quantitative estimate of drug-likeness (QED) is 0.257. The molecule has 2 aromatic carbocycles. The zero-order valence-electron chi connectivity index (χ0n) is 27.9. The minimum Gasteiger partial charge on any atom is -0.491 e. The normalized spacial score (nSPS) is 20.9. The second-order valence-electron chi connectivity index (χ2n) is 14.2. The van der Waals surface area contributed by atoms with E-state index in [-0.39, 0.29) is 11.2 Å². The summed E-state index contributed by atoms with van der Waals surface area (Å²) in [4.78, 5) is 17.2. The molecule has 0 aliphatic carbocycles. The van der Waals surface area contributed by atoms with Crippen LogP contribution in [0.1, 0.15) is 87.4 Å². The average molecular weight is 619 g/mol. The van der Waals surface area contributed by atoms with Crippen LogP contribution in [0.15, 0.2) is 48.5 Å². The summed E-state index contributed by atoms with van der Waals surface area (Å²) >= 11 is 0. The van der Waals surface area contributed by atoms with Crippen molar-refractivity contribution in [1.82, 2.24) is 19.6 Å². The highest BCUT2D eigenvalue weighted by Gasteiger charge is 2.44. The lowest BCUT2D eigenvalue weighted by atomic mass is 9.85. The Bertz CT molecular complexity index is 1460. The van der Waals surface area contributed by atoms with Gasteiger partial charge in [-0.3, -0.25) is 14.4 Å². The second kappa shape index (κ2) is 14.0. The average Bonchev–Trinajstić information content (AvgIpc) is 3.58. The van der Waals surface area contributed by atoms with E-state index >= 15 is 0 Å². The van der Waals surface area contributed by atoms with Gasteiger partial charge in [-0.05, 0) is 87.4 Å². The number of carboxylic acids is 1. The first-order chi connectivity index (χ1) is 21.5. The van der Waals surface area contributed by atoms with E-state index in [4.69, 9.17) is 9.84 Å². The first-order valence-electron chi connectivity index (χ1n) is 16.7. The fraction of sp³-hybridized carbons (Fsp3) is 0.568. The molecule has 2 saturated heterocycles. The molecule has 2 aliphatic heterocycles. The summed E-state index contributed by atoms with van der Waals surface area (Å²) in [5, 5.41) is 15.1. The van der Waals surface area contributed by atoms with E-state index < -0.39 is 12.0 Å². The van der Waals surface area contributed by atoms with E-state index in [1.54, 1.807) is 12.1 Å². The summed E-state index contributed by atoms with van der Waals surface area (Å²) in [5.74, 6) is 0.345. The maximum atomic E-state index is 14.5. The lowest BCUT2D eigenvalue weighted by molar-refractivity contribution is -0.147. The Morgan fingerprint density at radius 2 is 1.84 bits per heavy atom. The van der Waals surface area contributed by atoms with Crippen molar-refractivity contribution in [1.29, 1.82) is 0 Å². The van der Waals surface area contributed by atoms with Crippen LogP contribution in [0.2, 0.25) is 0 Å². The van der Waals surface area contributed by atoms with Crippen molar-refractivity contribution in [3.8, 4) is 5.75 Å². The highest BCUT2D eigenvalue weighted by atomic mass is 19.1. The number of benzene rings is 2. The van der Waals surface area contributed by atoms with Gasteiger partial charge in [0.25, 0.3) is 0 Å². The number of rotatable bonds is 11. The highest BCUT2D eigenvalue weighted by molar-refractivity contribution is 5.74. The third-order valence-electron chi connectivity index (χ3n) is 9.70. The molecule has 8 heteroatoms. The molecule has 3 unspecified atom stereocenters. The molecule has 244 valence electrons. The van der Waals surface area contributed by atoms with Crippen molar-refractivity contribution < 1.29 is 19.0 Å². The summed E-state index contributed by atoms with van der Waals surface area (Å²) in [5.41, 5.74) is 5.36. The van der Waals surface area contributed by atoms with Crippen LogP contribution >= 0.6 is 0 Å². The third kappa shape index (κ3) is 7.78. The van der Waals surface area contributed by atoms with E-state index in [1.165, 1.54) is 16.8 Å².